The van der Waals surface area contributed by atoms with E-state index in [0.29, 0.717) is 4.99 Å². The lowest BCUT2D eigenvalue weighted by Gasteiger charge is -2.09. The lowest BCUT2D eigenvalue weighted by molar-refractivity contribution is 0.758. The van der Waals surface area contributed by atoms with Crippen molar-refractivity contribution >= 4 is 23.0 Å². The van der Waals surface area contributed by atoms with Crippen LogP contribution >= 0.6 is 12.2 Å². The number of nitrogens with two attached hydrogens (primary N) is 1. The van der Waals surface area contributed by atoms with Gasteiger partial charge in [0.2, 0.25) is 0 Å². The van der Waals surface area contributed by atoms with Gasteiger partial charge in [-0.3, -0.25) is 4.68 Å². The van der Waals surface area contributed by atoms with Gasteiger partial charge in [-0.05, 0) is 24.5 Å². The molecule has 0 bridgehead atoms. The molecule has 2 rings (SSSR count). The number of nitrogens with one attached hydrogen (secondary N) is 1. The SMILES string of the molecule is CCc1ccc(CNc2c(C(N)=S)c(C)nn2C)cc1. The van der Waals surface area contributed by atoms with Gasteiger partial charge in [-0.15, -0.1) is 0 Å². The molecular formula is C15H20N4S. The zero-order valence-corrected chi connectivity index (χ0v) is 12.9. The summed E-state index contributed by atoms with van der Waals surface area (Å²) in [6.45, 7) is 4.79. The van der Waals surface area contributed by atoms with Crippen LogP contribution in [0.5, 0.6) is 0 Å². The van der Waals surface area contributed by atoms with Gasteiger partial charge in [0.05, 0.1) is 11.3 Å². The predicted molar refractivity (Wildman–Crippen MR) is 87.0 cm³/mol. The highest BCUT2D eigenvalue weighted by Crippen LogP contribution is 2.19. The van der Waals surface area contributed by atoms with Crippen LogP contribution in [0.2, 0.25) is 0 Å². The molecular weight excluding hydrogens is 268 g/mol. The van der Waals surface area contributed by atoms with Gasteiger partial charge in [-0.1, -0.05) is 43.4 Å². The van der Waals surface area contributed by atoms with Crippen LogP contribution in [0.25, 0.3) is 0 Å². The number of nitrogens with zero attached hydrogens (tertiary/aromatic N) is 2. The van der Waals surface area contributed by atoms with Crippen LogP contribution in [0.3, 0.4) is 0 Å². The highest BCUT2D eigenvalue weighted by atomic mass is 32.1. The Morgan fingerprint density at radius 2 is 1.90 bits per heavy atom. The first kappa shape index (κ1) is 14.5. The molecule has 106 valence electrons. The molecule has 0 fully saturated rings. The maximum atomic E-state index is 5.77. The summed E-state index contributed by atoms with van der Waals surface area (Å²) in [5.41, 5.74) is 10.0. The number of thiocarbonyl (C=S) groups is 1. The first-order valence-electron chi connectivity index (χ1n) is 6.68. The fraction of sp³-hybridized carbons (Fsp3) is 0.333. The third kappa shape index (κ3) is 2.99. The summed E-state index contributed by atoms with van der Waals surface area (Å²) in [6.07, 6.45) is 1.06. The topological polar surface area (TPSA) is 55.9 Å². The Kier molecular flexibility index (Phi) is 4.39. The maximum absolute atomic E-state index is 5.77. The van der Waals surface area contributed by atoms with E-state index >= 15 is 0 Å². The van der Waals surface area contributed by atoms with Gasteiger partial charge >= 0.3 is 0 Å². The van der Waals surface area contributed by atoms with Gasteiger partial charge in [-0.2, -0.15) is 5.10 Å². The third-order valence-electron chi connectivity index (χ3n) is 3.36. The normalized spacial score (nSPS) is 10.6. The van der Waals surface area contributed by atoms with E-state index in [4.69, 9.17) is 18.0 Å². The molecule has 1 heterocycles. The monoisotopic (exact) mass is 288 g/mol. The zero-order valence-electron chi connectivity index (χ0n) is 12.1. The van der Waals surface area contributed by atoms with Gasteiger partial charge in [-0.25, -0.2) is 0 Å². The second-order valence-corrected chi connectivity index (χ2v) is 5.26. The fourth-order valence-corrected chi connectivity index (χ4v) is 2.48. The molecule has 3 N–H and O–H groups in total. The smallest absolute Gasteiger partial charge is 0.134 e. The van der Waals surface area contributed by atoms with E-state index in [1.54, 1.807) is 4.68 Å². The fourth-order valence-electron chi connectivity index (χ4n) is 2.23. The van der Waals surface area contributed by atoms with Crippen LogP contribution in [-0.4, -0.2) is 14.8 Å². The standard InChI is InChI=1S/C15H20N4S/c1-4-11-5-7-12(8-6-11)9-17-15-13(14(16)20)10(2)18-19(15)3/h5-8,17H,4,9H2,1-3H3,(H2,16,20). The van der Waals surface area contributed by atoms with Gasteiger partial charge in [0.15, 0.2) is 0 Å². The number of hydrogen-bond acceptors (Lipinski definition) is 3. The van der Waals surface area contributed by atoms with Crippen LogP contribution in [0.1, 0.15) is 29.3 Å². The molecule has 0 radical (unpaired) electrons. The van der Waals surface area contributed by atoms with E-state index < -0.39 is 0 Å². The lowest BCUT2D eigenvalue weighted by atomic mass is 10.1. The number of benzene rings is 1. The molecule has 2 aromatic rings. The summed E-state index contributed by atoms with van der Waals surface area (Å²) in [5.74, 6) is 0.870. The molecule has 4 nitrogen and oxygen atoms in total. The van der Waals surface area contributed by atoms with Crippen molar-refractivity contribution in [3.8, 4) is 0 Å². The number of aromatic nitrogens is 2. The van der Waals surface area contributed by atoms with Gasteiger partial charge in [0.1, 0.15) is 10.8 Å². The average molecular weight is 288 g/mol. The van der Waals surface area contributed by atoms with E-state index in [1.807, 2.05) is 14.0 Å². The minimum Gasteiger partial charge on any atom is -0.389 e. The molecule has 0 aliphatic heterocycles. The zero-order chi connectivity index (χ0) is 14.7. The molecule has 1 aromatic heterocycles. The molecule has 0 aliphatic carbocycles. The Balaban J connectivity index is 2.16. The van der Waals surface area contributed by atoms with E-state index in [2.05, 4.69) is 41.6 Å². The summed E-state index contributed by atoms with van der Waals surface area (Å²) >= 11 is 5.10. The Labute approximate surface area is 125 Å². The van der Waals surface area contributed by atoms with Gasteiger partial charge in [0.25, 0.3) is 0 Å². The van der Waals surface area contributed by atoms with Crippen molar-refractivity contribution < 1.29 is 0 Å². The molecule has 0 saturated heterocycles. The molecule has 0 unspecified atom stereocenters. The summed E-state index contributed by atoms with van der Waals surface area (Å²) in [5, 5.41) is 7.73. The van der Waals surface area contributed by atoms with Crippen molar-refractivity contribution in [1.82, 2.24) is 9.78 Å². The van der Waals surface area contributed by atoms with Crippen molar-refractivity contribution in [2.45, 2.75) is 26.8 Å². The summed E-state index contributed by atoms with van der Waals surface area (Å²) < 4.78 is 1.78. The summed E-state index contributed by atoms with van der Waals surface area (Å²) in [6, 6.07) is 8.57. The first-order chi connectivity index (χ1) is 9.52. The van der Waals surface area contributed by atoms with Gasteiger partial charge < -0.3 is 11.1 Å². The number of aryl methyl sites for hydroxylation is 3. The molecule has 0 spiro atoms. The van der Waals surface area contributed by atoms with Crippen molar-refractivity contribution in [1.29, 1.82) is 0 Å². The molecule has 20 heavy (non-hydrogen) atoms. The Morgan fingerprint density at radius 1 is 1.30 bits per heavy atom. The lowest BCUT2D eigenvalue weighted by Crippen LogP contribution is -2.14. The Hall–Kier alpha value is -1.88. The maximum Gasteiger partial charge on any atom is 0.134 e. The molecule has 1 aromatic carbocycles. The molecule has 0 atom stereocenters. The first-order valence-corrected chi connectivity index (χ1v) is 7.08. The summed E-state index contributed by atoms with van der Waals surface area (Å²) in [7, 11) is 1.89. The highest BCUT2D eigenvalue weighted by molar-refractivity contribution is 7.80. The van der Waals surface area contributed by atoms with E-state index in [1.165, 1.54) is 11.1 Å². The van der Waals surface area contributed by atoms with Crippen LogP contribution in [-0.2, 0) is 20.0 Å². The van der Waals surface area contributed by atoms with Crippen LogP contribution in [0.4, 0.5) is 5.82 Å². The largest absolute Gasteiger partial charge is 0.389 e. The molecule has 0 aliphatic rings. The Morgan fingerprint density at radius 3 is 2.45 bits per heavy atom. The van der Waals surface area contributed by atoms with E-state index in [9.17, 15) is 0 Å². The third-order valence-corrected chi connectivity index (χ3v) is 3.56. The van der Waals surface area contributed by atoms with Gasteiger partial charge in [0, 0.05) is 13.6 Å². The van der Waals surface area contributed by atoms with Crippen LogP contribution in [0.15, 0.2) is 24.3 Å². The highest BCUT2D eigenvalue weighted by Gasteiger charge is 2.14. The van der Waals surface area contributed by atoms with E-state index in [-0.39, 0.29) is 0 Å². The minimum atomic E-state index is 0.374. The van der Waals surface area contributed by atoms with Crippen molar-refractivity contribution in [3.05, 3.63) is 46.6 Å². The average Bonchev–Trinajstić information content (AvgIpc) is 2.71. The quantitative estimate of drug-likeness (QED) is 0.830. The predicted octanol–water partition coefficient (Wildman–Crippen LogP) is 2.54. The van der Waals surface area contributed by atoms with Crippen molar-refractivity contribution in [3.63, 3.8) is 0 Å². The second-order valence-electron chi connectivity index (χ2n) is 4.82. The van der Waals surface area contributed by atoms with Crippen molar-refractivity contribution in [2.24, 2.45) is 12.8 Å². The second kappa shape index (κ2) is 6.05. The number of anilines is 1. The Bertz CT molecular complexity index is 614. The van der Waals surface area contributed by atoms with E-state index in [0.717, 1.165) is 30.0 Å². The minimum absolute atomic E-state index is 0.374. The molecule has 0 saturated carbocycles. The molecule has 5 heteroatoms. The summed E-state index contributed by atoms with van der Waals surface area (Å²) in [4.78, 5) is 0.374. The number of rotatable bonds is 5. The number of hydrogen-bond donors (Lipinski definition) is 2. The molecule has 0 amide bonds. The van der Waals surface area contributed by atoms with Crippen LogP contribution < -0.4 is 11.1 Å². The van der Waals surface area contributed by atoms with Crippen molar-refractivity contribution in [2.75, 3.05) is 5.32 Å². The van der Waals surface area contributed by atoms with Crippen LogP contribution in [0, 0.1) is 6.92 Å².